The predicted octanol–water partition coefficient (Wildman–Crippen LogP) is 1.31. The summed E-state index contributed by atoms with van der Waals surface area (Å²) in [6, 6.07) is 6.67. The molecule has 0 aromatic heterocycles. The van der Waals surface area contributed by atoms with Crippen LogP contribution in [0.3, 0.4) is 0 Å². The van der Waals surface area contributed by atoms with Crippen LogP contribution in [0.2, 0.25) is 0 Å². The van der Waals surface area contributed by atoms with Crippen LogP contribution in [0.1, 0.15) is 18.9 Å². The number of hydrogen-bond donors (Lipinski definition) is 1. The van der Waals surface area contributed by atoms with Gasteiger partial charge >= 0.3 is 5.97 Å². The second-order valence-corrected chi connectivity index (χ2v) is 4.05. The van der Waals surface area contributed by atoms with Gasteiger partial charge in [-0.05, 0) is 17.7 Å². The van der Waals surface area contributed by atoms with Gasteiger partial charge in [0.1, 0.15) is 11.8 Å². The second-order valence-electron chi connectivity index (χ2n) is 4.05. The topological polar surface area (TPSA) is 64.6 Å². The third kappa shape index (κ3) is 4.62. The predicted molar refractivity (Wildman–Crippen MR) is 70.9 cm³/mol. The van der Waals surface area contributed by atoms with Gasteiger partial charge in [0.05, 0.1) is 14.2 Å². The smallest absolute Gasteiger partial charge is 0.328 e. The monoisotopic (exact) mass is 265 g/mol. The van der Waals surface area contributed by atoms with Crippen molar-refractivity contribution in [2.75, 3.05) is 14.2 Å². The summed E-state index contributed by atoms with van der Waals surface area (Å²) >= 11 is 0. The number of ether oxygens (including phenoxy) is 2. The molecule has 0 fully saturated rings. The SMILES string of the molecule is CCC(=O)N[C@@H](Cc1ccc(OC)cc1)C(=O)OC. The Morgan fingerprint density at radius 1 is 1.21 bits per heavy atom. The fourth-order valence-corrected chi connectivity index (χ4v) is 1.63. The van der Waals surface area contributed by atoms with Crippen molar-refractivity contribution in [3.63, 3.8) is 0 Å². The highest BCUT2D eigenvalue weighted by Gasteiger charge is 2.21. The standard InChI is InChI=1S/C14H19NO4/c1-4-13(16)15-12(14(17)19-3)9-10-5-7-11(18-2)8-6-10/h5-8,12H,4,9H2,1-3H3,(H,15,16)/t12-/m0/s1. The summed E-state index contributed by atoms with van der Waals surface area (Å²) in [6.07, 6.45) is 0.721. The lowest BCUT2D eigenvalue weighted by molar-refractivity contribution is -0.145. The van der Waals surface area contributed by atoms with Crippen molar-refractivity contribution in [3.05, 3.63) is 29.8 Å². The van der Waals surface area contributed by atoms with Crippen LogP contribution in [0.5, 0.6) is 5.75 Å². The summed E-state index contributed by atoms with van der Waals surface area (Å²) in [4.78, 5) is 23.0. The Kier molecular flexibility index (Phi) is 5.85. The van der Waals surface area contributed by atoms with Crippen LogP contribution in [-0.2, 0) is 20.7 Å². The van der Waals surface area contributed by atoms with E-state index in [1.807, 2.05) is 24.3 Å². The van der Waals surface area contributed by atoms with Crippen molar-refractivity contribution in [3.8, 4) is 5.75 Å². The number of amides is 1. The van der Waals surface area contributed by atoms with Gasteiger partial charge in [-0.3, -0.25) is 4.79 Å². The van der Waals surface area contributed by atoms with Crippen LogP contribution < -0.4 is 10.1 Å². The Labute approximate surface area is 112 Å². The van der Waals surface area contributed by atoms with Gasteiger partial charge in [0.25, 0.3) is 0 Å². The second kappa shape index (κ2) is 7.41. The van der Waals surface area contributed by atoms with Crippen molar-refractivity contribution in [2.24, 2.45) is 0 Å². The van der Waals surface area contributed by atoms with Crippen molar-refractivity contribution in [2.45, 2.75) is 25.8 Å². The normalized spacial score (nSPS) is 11.5. The minimum atomic E-state index is -0.661. The number of carbonyl (C=O) groups is 2. The third-order valence-corrected chi connectivity index (χ3v) is 2.74. The van der Waals surface area contributed by atoms with E-state index in [0.717, 1.165) is 11.3 Å². The molecule has 5 heteroatoms. The highest BCUT2D eigenvalue weighted by atomic mass is 16.5. The Morgan fingerprint density at radius 3 is 2.32 bits per heavy atom. The van der Waals surface area contributed by atoms with E-state index in [1.54, 1.807) is 14.0 Å². The quantitative estimate of drug-likeness (QED) is 0.788. The molecule has 0 heterocycles. The summed E-state index contributed by atoms with van der Waals surface area (Å²) in [7, 11) is 2.90. The van der Waals surface area contributed by atoms with Crippen molar-refractivity contribution >= 4 is 11.9 Å². The molecule has 0 bridgehead atoms. The zero-order chi connectivity index (χ0) is 14.3. The number of hydrogen-bond acceptors (Lipinski definition) is 4. The molecule has 0 radical (unpaired) electrons. The first-order valence-electron chi connectivity index (χ1n) is 6.10. The molecule has 1 aromatic carbocycles. The van der Waals surface area contributed by atoms with E-state index in [2.05, 4.69) is 5.32 Å². The summed E-state index contributed by atoms with van der Waals surface area (Å²) in [5, 5.41) is 2.65. The minimum Gasteiger partial charge on any atom is -0.497 e. The van der Waals surface area contributed by atoms with Gasteiger partial charge in [-0.15, -0.1) is 0 Å². The molecule has 1 atom stereocenters. The average molecular weight is 265 g/mol. The van der Waals surface area contributed by atoms with Crippen LogP contribution in [0.15, 0.2) is 24.3 Å². The first-order chi connectivity index (χ1) is 9.10. The molecule has 0 aliphatic carbocycles. The van der Waals surface area contributed by atoms with Gasteiger partial charge in [0.15, 0.2) is 0 Å². The summed E-state index contributed by atoms with van der Waals surface area (Å²) in [5.74, 6) is 0.123. The van der Waals surface area contributed by atoms with Gasteiger partial charge in [0.2, 0.25) is 5.91 Å². The van der Waals surface area contributed by atoms with Crippen molar-refractivity contribution in [1.29, 1.82) is 0 Å². The average Bonchev–Trinajstić information content (AvgIpc) is 2.46. The minimum absolute atomic E-state index is 0.177. The largest absolute Gasteiger partial charge is 0.497 e. The number of rotatable bonds is 6. The Morgan fingerprint density at radius 2 is 1.84 bits per heavy atom. The maximum Gasteiger partial charge on any atom is 0.328 e. The molecule has 19 heavy (non-hydrogen) atoms. The van der Waals surface area contributed by atoms with Gasteiger partial charge in [0, 0.05) is 12.8 Å². The van der Waals surface area contributed by atoms with Crippen LogP contribution in [0.25, 0.3) is 0 Å². The third-order valence-electron chi connectivity index (χ3n) is 2.74. The van der Waals surface area contributed by atoms with Gasteiger partial charge in [-0.25, -0.2) is 4.79 Å². The van der Waals surface area contributed by atoms with E-state index in [1.165, 1.54) is 7.11 Å². The Hall–Kier alpha value is -2.04. The van der Waals surface area contributed by atoms with E-state index < -0.39 is 12.0 Å². The van der Waals surface area contributed by atoms with E-state index in [0.29, 0.717) is 12.8 Å². The lowest BCUT2D eigenvalue weighted by atomic mass is 10.1. The number of methoxy groups -OCH3 is 2. The zero-order valence-electron chi connectivity index (χ0n) is 11.4. The van der Waals surface area contributed by atoms with Crippen LogP contribution >= 0.6 is 0 Å². The highest BCUT2D eigenvalue weighted by molar-refractivity contribution is 5.84. The zero-order valence-corrected chi connectivity index (χ0v) is 11.4. The molecular weight excluding hydrogens is 246 g/mol. The molecule has 0 saturated carbocycles. The maximum absolute atomic E-state index is 11.6. The molecule has 0 unspecified atom stereocenters. The molecule has 1 rings (SSSR count). The number of benzene rings is 1. The molecule has 0 spiro atoms. The van der Waals surface area contributed by atoms with Crippen LogP contribution in [-0.4, -0.2) is 32.1 Å². The van der Waals surface area contributed by atoms with Gasteiger partial charge in [-0.2, -0.15) is 0 Å². The van der Waals surface area contributed by atoms with E-state index in [4.69, 9.17) is 9.47 Å². The summed E-state index contributed by atoms with van der Waals surface area (Å²) in [5.41, 5.74) is 0.924. The summed E-state index contributed by atoms with van der Waals surface area (Å²) < 4.78 is 9.76. The molecule has 1 aromatic rings. The molecule has 5 nitrogen and oxygen atoms in total. The highest BCUT2D eigenvalue weighted by Crippen LogP contribution is 2.13. The lowest BCUT2D eigenvalue weighted by Crippen LogP contribution is -2.42. The molecule has 0 aliphatic heterocycles. The van der Waals surface area contributed by atoms with E-state index in [-0.39, 0.29) is 5.91 Å². The lowest BCUT2D eigenvalue weighted by Gasteiger charge is -2.16. The van der Waals surface area contributed by atoms with Gasteiger partial charge in [-0.1, -0.05) is 19.1 Å². The number of carbonyl (C=O) groups excluding carboxylic acids is 2. The fourth-order valence-electron chi connectivity index (χ4n) is 1.63. The molecular formula is C14H19NO4. The molecule has 1 amide bonds. The molecule has 1 N–H and O–H groups in total. The molecule has 0 aliphatic rings. The van der Waals surface area contributed by atoms with Gasteiger partial charge < -0.3 is 14.8 Å². The molecule has 104 valence electrons. The van der Waals surface area contributed by atoms with Crippen molar-refractivity contribution < 1.29 is 19.1 Å². The van der Waals surface area contributed by atoms with Crippen LogP contribution in [0.4, 0.5) is 0 Å². The van der Waals surface area contributed by atoms with E-state index in [9.17, 15) is 9.59 Å². The first-order valence-corrected chi connectivity index (χ1v) is 6.10. The summed E-state index contributed by atoms with van der Waals surface area (Å²) in [6.45, 7) is 1.73. The maximum atomic E-state index is 11.6. The Bertz CT molecular complexity index is 428. The van der Waals surface area contributed by atoms with E-state index >= 15 is 0 Å². The number of esters is 1. The molecule has 0 saturated heterocycles. The van der Waals surface area contributed by atoms with Crippen molar-refractivity contribution in [1.82, 2.24) is 5.32 Å². The van der Waals surface area contributed by atoms with Crippen LogP contribution in [0, 0.1) is 0 Å². The fraction of sp³-hybridized carbons (Fsp3) is 0.429. The Balaban J connectivity index is 2.75. The number of nitrogens with one attached hydrogen (secondary N) is 1. The first kappa shape index (κ1) is 15.0.